The Morgan fingerprint density at radius 2 is 2.13 bits per heavy atom. The normalized spacial score (nSPS) is 20.4. The number of nitrogens with zero attached hydrogens (tertiary/aromatic N) is 4. The fourth-order valence-electron chi connectivity index (χ4n) is 2.83. The van der Waals surface area contributed by atoms with Crippen LogP contribution >= 0.6 is 23.7 Å². The first-order valence-corrected chi connectivity index (χ1v) is 8.17. The predicted octanol–water partition coefficient (Wildman–Crippen LogP) is 2.14. The van der Waals surface area contributed by atoms with Crippen molar-refractivity contribution in [3.05, 3.63) is 29.0 Å². The summed E-state index contributed by atoms with van der Waals surface area (Å²) in [7, 11) is 0. The van der Waals surface area contributed by atoms with Gasteiger partial charge in [0.25, 0.3) is 5.91 Å². The Kier molecular flexibility index (Phi) is 5.67. The number of rotatable bonds is 3. The van der Waals surface area contributed by atoms with E-state index in [-0.39, 0.29) is 24.4 Å². The van der Waals surface area contributed by atoms with Gasteiger partial charge in [0.2, 0.25) is 0 Å². The number of aryl methyl sites for hydroxylation is 1. The molecule has 1 aliphatic rings. The third kappa shape index (κ3) is 3.52. The number of hydrogen-bond acceptors (Lipinski definition) is 6. The highest BCUT2D eigenvalue weighted by molar-refractivity contribution is 7.17. The molecule has 6 nitrogen and oxygen atoms in total. The number of aromatic nitrogens is 3. The van der Waals surface area contributed by atoms with E-state index in [1.165, 1.54) is 11.3 Å². The van der Waals surface area contributed by atoms with E-state index in [4.69, 9.17) is 5.73 Å². The van der Waals surface area contributed by atoms with Gasteiger partial charge in [0, 0.05) is 25.0 Å². The molecule has 2 aromatic rings. The molecule has 0 aromatic carbocycles. The van der Waals surface area contributed by atoms with E-state index in [2.05, 4.69) is 21.9 Å². The zero-order chi connectivity index (χ0) is 15.7. The average Bonchev–Trinajstić information content (AvgIpc) is 3.10. The SMILES string of the molecule is Cc1nc(-c2ncccn2)sc1C(=O)N1CC(CN)CC1C.Cl. The van der Waals surface area contributed by atoms with Crippen LogP contribution in [-0.4, -0.2) is 44.9 Å². The summed E-state index contributed by atoms with van der Waals surface area (Å²) in [5, 5.41) is 0.684. The number of likely N-dealkylation sites (tertiary alicyclic amines) is 1. The molecule has 1 aliphatic heterocycles. The Hall–Kier alpha value is -1.57. The summed E-state index contributed by atoms with van der Waals surface area (Å²) in [4.78, 5) is 28.2. The molecule has 3 rings (SSSR count). The van der Waals surface area contributed by atoms with Gasteiger partial charge in [0.1, 0.15) is 4.88 Å². The molecule has 2 unspecified atom stereocenters. The quantitative estimate of drug-likeness (QED) is 0.913. The Balaban J connectivity index is 0.00000192. The summed E-state index contributed by atoms with van der Waals surface area (Å²) in [6, 6.07) is 1.98. The number of thiazole rings is 1. The summed E-state index contributed by atoms with van der Waals surface area (Å²) in [6.07, 6.45) is 4.32. The van der Waals surface area contributed by atoms with Crippen molar-refractivity contribution in [1.29, 1.82) is 0 Å². The fourth-order valence-corrected chi connectivity index (χ4v) is 3.80. The van der Waals surface area contributed by atoms with Crippen LogP contribution in [0.25, 0.3) is 10.8 Å². The van der Waals surface area contributed by atoms with Crippen molar-refractivity contribution in [2.24, 2.45) is 11.7 Å². The molecule has 2 aromatic heterocycles. The lowest BCUT2D eigenvalue weighted by atomic mass is 10.1. The monoisotopic (exact) mass is 353 g/mol. The van der Waals surface area contributed by atoms with Gasteiger partial charge in [-0.2, -0.15) is 0 Å². The molecule has 0 radical (unpaired) electrons. The number of amides is 1. The van der Waals surface area contributed by atoms with Crippen LogP contribution in [-0.2, 0) is 0 Å². The number of hydrogen-bond donors (Lipinski definition) is 1. The maximum Gasteiger partial charge on any atom is 0.266 e. The highest BCUT2D eigenvalue weighted by Gasteiger charge is 2.33. The molecule has 1 fully saturated rings. The molecule has 0 bridgehead atoms. The van der Waals surface area contributed by atoms with Crippen molar-refractivity contribution in [3.8, 4) is 10.8 Å². The van der Waals surface area contributed by atoms with Crippen LogP contribution in [0.4, 0.5) is 0 Å². The van der Waals surface area contributed by atoms with Gasteiger partial charge >= 0.3 is 0 Å². The molecule has 0 saturated carbocycles. The minimum absolute atomic E-state index is 0. The van der Waals surface area contributed by atoms with E-state index in [1.807, 2.05) is 11.8 Å². The fraction of sp³-hybridized carbons (Fsp3) is 0.467. The van der Waals surface area contributed by atoms with Gasteiger partial charge in [-0.15, -0.1) is 23.7 Å². The van der Waals surface area contributed by atoms with E-state index in [1.54, 1.807) is 18.5 Å². The zero-order valence-corrected chi connectivity index (χ0v) is 14.7. The minimum atomic E-state index is 0. The highest BCUT2D eigenvalue weighted by Crippen LogP contribution is 2.30. The number of nitrogens with two attached hydrogens (primary N) is 1. The van der Waals surface area contributed by atoms with E-state index >= 15 is 0 Å². The summed E-state index contributed by atoms with van der Waals surface area (Å²) in [5.41, 5.74) is 6.48. The van der Waals surface area contributed by atoms with Gasteiger partial charge in [0.05, 0.1) is 5.69 Å². The predicted molar refractivity (Wildman–Crippen MR) is 92.8 cm³/mol. The van der Waals surface area contributed by atoms with Crippen LogP contribution in [0.2, 0.25) is 0 Å². The summed E-state index contributed by atoms with van der Waals surface area (Å²) < 4.78 is 0. The van der Waals surface area contributed by atoms with Crippen LogP contribution < -0.4 is 5.73 Å². The summed E-state index contributed by atoms with van der Waals surface area (Å²) in [6.45, 7) is 5.28. The first-order valence-electron chi connectivity index (χ1n) is 7.36. The standard InChI is InChI=1S/C15H19N5OS.ClH/c1-9-6-11(7-16)8-20(9)15(21)12-10(2)19-14(22-12)13-17-4-3-5-18-13;/h3-5,9,11H,6-8,16H2,1-2H3;1H. The van der Waals surface area contributed by atoms with Crippen LogP contribution in [0.3, 0.4) is 0 Å². The Morgan fingerprint density at radius 3 is 2.74 bits per heavy atom. The lowest BCUT2D eigenvalue weighted by molar-refractivity contribution is 0.0747. The van der Waals surface area contributed by atoms with Crippen LogP contribution in [0.5, 0.6) is 0 Å². The first-order chi connectivity index (χ1) is 10.6. The molecule has 1 amide bonds. The van der Waals surface area contributed by atoms with Crippen LogP contribution in [0, 0.1) is 12.8 Å². The van der Waals surface area contributed by atoms with Gasteiger partial charge < -0.3 is 10.6 Å². The molecule has 8 heteroatoms. The van der Waals surface area contributed by atoms with E-state index in [9.17, 15) is 4.79 Å². The Labute approximate surface area is 145 Å². The largest absolute Gasteiger partial charge is 0.335 e. The third-order valence-corrected chi connectivity index (χ3v) is 5.14. The van der Waals surface area contributed by atoms with E-state index < -0.39 is 0 Å². The topological polar surface area (TPSA) is 85.0 Å². The van der Waals surface area contributed by atoms with Crippen molar-refractivity contribution in [2.45, 2.75) is 26.3 Å². The zero-order valence-electron chi connectivity index (χ0n) is 13.1. The molecule has 3 heterocycles. The lowest BCUT2D eigenvalue weighted by Gasteiger charge is -2.20. The number of halogens is 1. The average molecular weight is 354 g/mol. The number of carbonyl (C=O) groups is 1. The van der Waals surface area contributed by atoms with Gasteiger partial charge in [-0.1, -0.05) is 0 Å². The molecule has 0 aliphatic carbocycles. The lowest BCUT2D eigenvalue weighted by Crippen LogP contribution is -2.34. The second kappa shape index (κ2) is 7.33. The summed E-state index contributed by atoms with van der Waals surface area (Å²) in [5.74, 6) is 0.994. The second-order valence-corrected chi connectivity index (χ2v) is 6.65. The van der Waals surface area contributed by atoms with E-state index in [0.29, 0.717) is 28.2 Å². The van der Waals surface area contributed by atoms with Gasteiger partial charge in [-0.3, -0.25) is 4.79 Å². The van der Waals surface area contributed by atoms with Gasteiger partial charge in [-0.25, -0.2) is 15.0 Å². The van der Waals surface area contributed by atoms with Crippen LogP contribution in [0.1, 0.15) is 28.7 Å². The molecule has 124 valence electrons. The van der Waals surface area contributed by atoms with E-state index in [0.717, 1.165) is 18.7 Å². The molecule has 23 heavy (non-hydrogen) atoms. The maximum absolute atomic E-state index is 12.8. The molecule has 2 N–H and O–H groups in total. The van der Waals surface area contributed by atoms with Gasteiger partial charge in [-0.05, 0) is 38.8 Å². The van der Waals surface area contributed by atoms with Crippen molar-refractivity contribution in [3.63, 3.8) is 0 Å². The molecule has 2 atom stereocenters. The molecular weight excluding hydrogens is 334 g/mol. The Morgan fingerprint density at radius 1 is 1.43 bits per heavy atom. The molecule has 0 spiro atoms. The smallest absolute Gasteiger partial charge is 0.266 e. The highest BCUT2D eigenvalue weighted by atomic mass is 35.5. The van der Waals surface area contributed by atoms with Crippen molar-refractivity contribution >= 4 is 29.7 Å². The van der Waals surface area contributed by atoms with Gasteiger partial charge in [0.15, 0.2) is 10.8 Å². The second-order valence-electron chi connectivity index (χ2n) is 5.65. The van der Waals surface area contributed by atoms with Crippen molar-refractivity contribution in [2.75, 3.05) is 13.1 Å². The van der Waals surface area contributed by atoms with Crippen molar-refractivity contribution < 1.29 is 4.79 Å². The van der Waals surface area contributed by atoms with Crippen molar-refractivity contribution in [1.82, 2.24) is 19.9 Å². The van der Waals surface area contributed by atoms with Crippen LogP contribution in [0.15, 0.2) is 18.5 Å². The minimum Gasteiger partial charge on any atom is -0.335 e. The third-order valence-electron chi connectivity index (χ3n) is 4.00. The summed E-state index contributed by atoms with van der Waals surface area (Å²) >= 11 is 1.36. The molecular formula is C15H20ClN5OS. The first kappa shape index (κ1) is 17.8. The maximum atomic E-state index is 12.8. The molecule has 1 saturated heterocycles. The Bertz CT molecular complexity index is 678. The number of carbonyl (C=O) groups excluding carboxylic acids is 1.